The van der Waals surface area contributed by atoms with Crippen LogP contribution in [0, 0.1) is 5.92 Å². The SMILES string of the molecule is CC(C)C(C)N(C)C(=O)[C@@H]1Cc2ccccc2N1. The summed E-state index contributed by atoms with van der Waals surface area (Å²) < 4.78 is 0. The summed E-state index contributed by atoms with van der Waals surface area (Å²) in [7, 11) is 1.90. The van der Waals surface area contributed by atoms with Crippen molar-refractivity contribution in [1.29, 1.82) is 0 Å². The molecule has 1 unspecified atom stereocenters. The van der Waals surface area contributed by atoms with Crippen LogP contribution >= 0.6 is 0 Å². The Morgan fingerprint density at radius 1 is 1.33 bits per heavy atom. The minimum Gasteiger partial charge on any atom is -0.373 e. The summed E-state index contributed by atoms with van der Waals surface area (Å²) in [5, 5.41) is 3.32. The van der Waals surface area contributed by atoms with E-state index >= 15 is 0 Å². The number of rotatable bonds is 3. The summed E-state index contributed by atoms with van der Waals surface area (Å²) in [5.41, 5.74) is 2.34. The third-order valence-electron chi connectivity index (χ3n) is 3.99. The van der Waals surface area contributed by atoms with Crippen LogP contribution in [-0.2, 0) is 11.2 Å². The third kappa shape index (κ3) is 2.35. The molecule has 1 heterocycles. The minimum absolute atomic E-state index is 0.103. The molecule has 0 bridgehead atoms. The zero-order valence-corrected chi connectivity index (χ0v) is 11.6. The second-order valence-electron chi connectivity index (χ2n) is 5.49. The second kappa shape index (κ2) is 5.01. The van der Waals surface area contributed by atoms with Crippen molar-refractivity contribution >= 4 is 11.6 Å². The summed E-state index contributed by atoms with van der Waals surface area (Å²) in [4.78, 5) is 14.3. The highest BCUT2D eigenvalue weighted by Gasteiger charge is 2.30. The van der Waals surface area contributed by atoms with E-state index in [1.54, 1.807) is 0 Å². The predicted octanol–water partition coefficient (Wildman–Crippen LogP) is 2.53. The van der Waals surface area contributed by atoms with Crippen LogP contribution in [-0.4, -0.2) is 29.9 Å². The molecule has 2 rings (SSSR count). The van der Waals surface area contributed by atoms with E-state index in [-0.39, 0.29) is 18.0 Å². The van der Waals surface area contributed by atoms with Gasteiger partial charge < -0.3 is 10.2 Å². The number of benzene rings is 1. The number of nitrogens with zero attached hydrogens (tertiary/aromatic N) is 1. The molecule has 1 aliphatic heterocycles. The highest BCUT2D eigenvalue weighted by Crippen LogP contribution is 2.26. The average Bonchev–Trinajstić information content (AvgIpc) is 2.79. The Balaban J connectivity index is 2.05. The van der Waals surface area contributed by atoms with Crippen LogP contribution < -0.4 is 5.32 Å². The van der Waals surface area contributed by atoms with Crippen LogP contribution in [0.5, 0.6) is 0 Å². The molecule has 1 amide bonds. The smallest absolute Gasteiger partial charge is 0.245 e. The highest BCUT2D eigenvalue weighted by atomic mass is 16.2. The lowest BCUT2D eigenvalue weighted by atomic mass is 10.0. The van der Waals surface area contributed by atoms with Crippen LogP contribution in [0.4, 0.5) is 5.69 Å². The summed E-state index contributed by atoms with van der Waals surface area (Å²) in [6.45, 7) is 6.39. The van der Waals surface area contributed by atoms with Gasteiger partial charge in [0.15, 0.2) is 0 Å². The molecular formula is C15H22N2O. The standard InChI is InChI=1S/C15H22N2O/c1-10(2)11(3)17(4)15(18)14-9-12-7-5-6-8-13(12)16-14/h5-8,10-11,14,16H,9H2,1-4H3/t11?,14-/m0/s1. The zero-order chi connectivity index (χ0) is 13.3. The number of fused-ring (bicyclic) bond motifs is 1. The normalized spacial score (nSPS) is 19.3. The van der Waals surface area contributed by atoms with E-state index in [0.29, 0.717) is 5.92 Å². The van der Waals surface area contributed by atoms with E-state index in [2.05, 4.69) is 32.2 Å². The number of likely N-dealkylation sites (N-methyl/N-ethyl adjacent to an activating group) is 1. The first-order valence-electron chi connectivity index (χ1n) is 6.62. The summed E-state index contributed by atoms with van der Waals surface area (Å²) in [5.74, 6) is 0.662. The van der Waals surface area contributed by atoms with Gasteiger partial charge in [-0.2, -0.15) is 0 Å². The van der Waals surface area contributed by atoms with Crippen molar-refractivity contribution in [2.24, 2.45) is 5.92 Å². The highest BCUT2D eigenvalue weighted by molar-refractivity contribution is 5.87. The van der Waals surface area contributed by atoms with Gasteiger partial charge in [0, 0.05) is 25.2 Å². The topological polar surface area (TPSA) is 32.3 Å². The zero-order valence-electron chi connectivity index (χ0n) is 11.6. The van der Waals surface area contributed by atoms with Gasteiger partial charge in [0.05, 0.1) is 0 Å². The van der Waals surface area contributed by atoms with Crippen molar-refractivity contribution in [3.63, 3.8) is 0 Å². The van der Waals surface area contributed by atoms with Crippen LogP contribution in [0.15, 0.2) is 24.3 Å². The molecule has 18 heavy (non-hydrogen) atoms. The number of carbonyl (C=O) groups excluding carboxylic acids is 1. The lowest BCUT2D eigenvalue weighted by molar-refractivity contribution is -0.133. The van der Waals surface area contributed by atoms with E-state index in [1.807, 2.05) is 30.1 Å². The van der Waals surface area contributed by atoms with Crippen molar-refractivity contribution < 1.29 is 4.79 Å². The Bertz CT molecular complexity index is 417. The first-order valence-corrected chi connectivity index (χ1v) is 6.62. The van der Waals surface area contributed by atoms with Gasteiger partial charge in [0.2, 0.25) is 5.91 Å². The van der Waals surface area contributed by atoms with Crippen LogP contribution in [0.25, 0.3) is 0 Å². The predicted molar refractivity (Wildman–Crippen MR) is 74.6 cm³/mol. The minimum atomic E-state index is -0.103. The van der Waals surface area contributed by atoms with Gasteiger partial charge in [-0.1, -0.05) is 32.0 Å². The maximum absolute atomic E-state index is 12.4. The quantitative estimate of drug-likeness (QED) is 0.889. The van der Waals surface area contributed by atoms with Gasteiger partial charge in [-0.3, -0.25) is 4.79 Å². The molecule has 0 saturated carbocycles. The van der Waals surface area contributed by atoms with Gasteiger partial charge in [0.25, 0.3) is 0 Å². The molecule has 0 spiro atoms. The molecule has 0 aromatic heterocycles. The Labute approximate surface area is 109 Å². The van der Waals surface area contributed by atoms with Gasteiger partial charge in [0.1, 0.15) is 6.04 Å². The van der Waals surface area contributed by atoms with E-state index < -0.39 is 0 Å². The average molecular weight is 246 g/mol. The number of hydrogen-bond acceptors (Lipinski definition) is 2. The third-order valence-corrected chi connectivity index (χ3v) is 3.99. The van der Waals surface area contributed by atoms with E-state index in [0.717, 1.165) is 12.1 Å². The molecule has 1 aromatic rings. The van der Waals surface area contributed by atoms with Crippen molar-refractivity contribution in [2.75, 3.05) is 12.4 Å². The Hall–Kier alpha value is -1.51. The summed E-state index contributed by atoms with van der Waals surface area (Å²) >= 11 is 0. The largest absolute Gasteiger partial charge is 0.373 e. The Morgan fingerprint density at radius 2 is 2.00 bits per heavy atom. The van der Waals surface area contributed by atoms with Gasteiger partial charge in [-0.05, 0) is 24.5 Å². The molecule has 0 aliphatic carbocycles. The molecule has 0 fully saturated rings. The molecule has 1 aromatic carbocycles. The van der Waals surface area contributed by atoms with Gasteiger partial charge in [-0.15, -0.1) is 0 Å². The number of amides is 1. The van der Waals surface area contributed by atoms with Crippen LogP contribution in [0.3, 0.4) is 0 Å². The fourth-order valence-electron chi connectivity index (χ4n) is 2.34. The lowest BCUT2D eigenvalue weighted by Crippen LogP contribution is -2.45. The molecule has 3 heteroatoms. The number of para-hydroxylation sites is 1. The molecule has 1 aliphatic rings. The Kier molecular flexibility index (Phi) is 3.60. The van der Waals surface area contributed by atoms with E-state index in [1.165, 1.54) is 5.56 Å². The number of hydrogen-bond donors (Lipinski definition) is 1. The summed E-state index contributed by atoms with van der Waals surface area (Å²) in [6.07, 6.45) is 0.796. The van der Waals surface area contributed by atoms with Crippen LogP contribution in [0.2, 0.25) is 0 Å². The first-order chi connectivity index (χ1) is 8.50. The monoisotopic (exact) mass is 246 g/mol. The molecule has 0 saturated heterocycles. The van der Waals surface area contributed by atoms with Crippen molar-refractivity contribution in [3.05, 3.63) is 29.8 Å². The maximum Gasteiger partial charge on any atom is 0.245 e. The molecule has 3 nitrogen and oxygen atoms in total. The van der Waals surface area contributed by atoms with E-state index in [9.17, 15) is 4.79 Å². The lowest BCUT2D eigenvalue weighted by Gasteiger charge is -2.30. The fourth-order valence-corrected chi connectivity index (χ4v) is 2.34. The van der Waals surface area contributed by atoms with Crippen molar-refractivity contribution in [1.82, 2.24) is 4.90 Å². The maximum atomic E-state index is 12.4. The van der Waals surface area contributed by atoms with Gasteiger partial charge >= 0.3 is 0 Å². The molecule has 0 radical (unpaired) electrons. The van der Waals surface area contributed by atoms with Crippen molar-refractivity contribution in [2.45, 2.75) is 39.3 Å². The second-order valence-corrected chi connectivity index (χ2v) is 5.49. The van der Waals surface area contributed by atoms with E-state index in [4.69, 9.17) is 0 Å². The van der Waals surface area contributed by atoms with Crippen molar-refractivity contribution in [3.8, 4) is 0 Å². The molecule has 98 valence electrons. The Morgan fingerprint density at radius 3 is 2.61 bits per heavy atom. The van der Waals surface area contributed by atoms with Gasteiger partial charge in [-0.25, -0.2) is 0 Å². The number of anilines is 1. The number of carbonyl (C=O) groups is 1. The molecule has 2 atom stereocenters. The number of nitrogens with one attached hydrogen (secondary N) is 1. The molecule has 1 N–H and O–H groups in total. The fraction of sp³-hybridized carbons (Fsp3) is 0.533. The first kappa shape index (κ1) is 12.9. The molecular weight excluding hydrogens is 224 g/mol. The summed E-state index contributed by atoms with van der Waals surface area (Å²) in [6, 6.07) is 8.31. The van der Waals surface area contributed by atoms with Crippen LogP contribution in [0.1, 0.15) is 26.3 Å².